The molecule has 1 heteroatoms. The Balaban J connectivity index is 3.16. The molecule has 0 aliphatic heterocycles. The normalized spacial score (nSPS) is 8.89. The lowest BCUT2D eigenvalue weighted by atomic mass is 10.3. The van der Waals surface area contributed by atoms with Crippen molar-refractivity contribution in [3.05, 3.63) is 0 Å². The van der Waals surface area contributed by atoms with Crippen molar-refractivity contribution in [2.75, 3.05) is 0 Å². The van der Waals surface area contributed by atoms with E-state index in [0.717, 1.165) is 6.42 Å². The van der Waals surface area contributed by atoms with E-state index in [4.69, 9.17) is 0 Å². The summed E-state index contributed by atoms with van der Waals surface area (Å²) in [6.07, 6.45) is 3.64. The first kappa shape index (κ1) is 8.78. The first-order valence-electron chi connectivity index (χ1n) is 3.56. The monoisotopic (exact) mass is 139 g/mol. The van der Waals surface area contributed by atoms with E-state index in [1.807, 2.05) is 0 Å². The lowest BCUT2D eigenvalue weighted by Crippen LogP contribution is -1.92. The highest BCUT2D eigenvalue weighted by Gasteiger charge is 1.83. The van der Waals surface area contributed by atoms with Gasteiger partial charge in [-0.3, -0.25) is 0 Å². The maximum absolute atomic E-state index is 3.23. The Kier molecular flexibility index (Phi) is 5.76. The van der Waals surface area contributed by atoms with Gasteiger partial charge in [0.2, 0.25) is 0 Å². The van der Waals surface area contributed by atoms with E-state index in [1.54, 1.807) is 0 Å². The molecule has 9 heavy (non-hydrogen) atoms. The third-order valence-corrected chi connectivity index (χ3v) is 1.67. The molecular formula is C8H15Si. The largest absolute Gasteiger partial charge is 0.138 e. The maximum Gasteiger partial charge on any atom is 0.138 e. The quantitative estimate of drug-likeness (QED) is 0.313. The summed E-state index contributed by atoms with van der Waals surface area (Å²) in [5.41, 5.74) is 3.23. The van der Waals surface area contributed by atoms with Crippen LogP contribution in [-0.4, -0.2) is 8.80 Å². The molecule has 0 rings (SSSR count). The molecule has 0 bridgehead atoms. The molecule has 0 aromatic carbocycles. The van der Waals surface area contributed by atoms with Gasteiger partial charge in [-0.1, -0.05) is 26.4 Å². The van der Waals surface area contributed by atoms with E-state index in [0.29, 0.717) is 0 Å². The molecule has 51 valence electrons. The highest BCUT2D eigenvalue weighted by atomic mass is 28.3. The fourth-order valence-electron chi connectivity index (χ4n) is 0.504. The van der Waals surface area contributed by atoms with Crippen LogP contribution in [-0.2, 0) is 0 Å². The third-order valence-electron chi connectivity index (χ3n) is 0.994. The molecule has 0 aromatic rings. The molecule has 0 aliphatic carbocycles. The summed E-state index contributed by atoms with van der Waals surface area (Å²) in [4.78, 5) is 0. The average Bonchev–Trinajstić information content (AvgIpc) is 1.80. The van der Waals surface area contributed by atoms with Crippen LogP contribution in [0.25, 0.3) is 0 Å². The molecule has 0 amide bonds. The third kappa shape index (κ3) is 7.78. The van der Waals surface area contributed by atoms with Gasteiger partial charge < -0.3 is 0 Å². The average molecular weight is 139 g/mol. The number of hydrogen-bond donors (Lipinski definition) is 0. The van der Waals surface area contributed by atoms with Gasteiger partial charge in [0, 0.05) is 6.42 Å². The van der Waals surface area contributed by atoms with Crippen LogP contribution in [0.3, 0.4) is 0 Å². The highest BCUT2D eigenvalue weighted by Crippen LogP contribution is 1.90. The molecule has 0 spiro atoms. The van der Waals surface area contributed by atoms with Crippen molar-refractivity contribution in [2.24, 2.45) is 0 Å². The molecule has 0 atom stereocenters. The number of rotatable bonds is 2. The lowest BCUT2D eigenvalue weighted by molar-refractivity contribution is 0.828. The Labute approximate surface area is 60.3 Å². The first-order valence-corrected chi connectivity index (χ1v) is 6.06. The molecule has 0 unspecified atom stereocenters. The molecule has 0 nitrogen and oxygen atoms in total. The van der Waals surface area contributed by atoms with Gasteiger partial charge in [0.25, 0.3) is 0 Å². The van der Waals surface area contributed by atoms with Gasteiger partial charge in [-0.15, -0.1) is 11.5 Å². The van der Waals surface area contributed by atoms with Crippen molar-refractivity contribution in [1.29, 1.82) is 0 Å². The van der Waals surface area contributed by atoms with Crippen molar-refractivity contribution in [3.8, 4) is 11.5 Å². The van der Waals surface area contributed by atoms with Crippen molar-refractivity contribution in [2.45, 2.75) is 39.3 Å². The fraction of sp³-hybridized carbons (Fsp3) is 0.750. The molecule has 0 N–H and O–H groups in total. The zero-order valence-corrected chi connectivity index (χ0v) is 7.62. The Morgan fingerprint density at radius 2 is 2.00 bits per heavy atom. The second-order valence-electron chi connectivity index (χ2n) is 2.41. The topological polar surface area (TPSA) is 0 Å². The minimum absolute atomic E-state index is 0.276. The minimum Gasteiger partial charge on any atom is -0.134 e. The van der Waals surface area contributed by atoms with Gasteiger partial charge in [0.15, 0.2) is 0 Å². The van der Waals surface area contributed by atoms with Crippen molar-refractivity contribution in [3.63, 3.8) is 0 Å². The maximum atomic E-state index is 3.23. The zero-order chi connectivity index (χ0) is 7.11. The Bertz CT molecular complexity index is 105. The van der Waals surface area contributed by atoms with E-state index in [-0.39, 0.29) is 8.80 Å². The first-order chi connectivity index (χ1) is 4.27. The van der Waals surface area contributed by atoms with E-state index in [2.05, 4.69) is 31.5 Å². The molecule has 0 saturated heterocycles. The van der Waals surface area contributed by atoms with Crippen LogP contribution < -0.4 is 0 Å². The Morgan fingerprint density at radius 3 is 2.44 bits per heavy atom. The van der Waals surface area contributed by atoms with Crippen LogP contribution in [0.1, 0.15) is 26.2 Å². The molecule has 0 aliphatic rings. The van der Waals surface area contributed by atoms with E-state index in [9.17, 15) is 0 Å². The predicted octanol–water partition coefficient (Wildman–Crippen LogP) is 2.47. The summed E-state index contributed by atoms with van der Waals surface area (Å²) in [6, 6.07) is 0. The number of unbranched alkanes of at least 4 members (excludes halogenated alkanes) is 2. The second kappa shape index (κ2) is 5.91. The number of hydrogen-bond acceptors (Lipinski definition) is 0. The summed E-state index contributed by atoms with van der Waals surface area (Å²) in [6.45, 7) is 6.65. The molecule has 0 heterocycles. The minimum atomic E-state index is -0.276. The van der Waals surface area contributed by atoms with Gasteiger partial charge in [-0.25, -0.2) is 0 Å². The fourth-order valence-corrected chi connectivity index (χ4v) is 0.983. The summed E-state index contributed by atoms with van der Waals surface area (Å²) >= 11 is 0. The van der Waals surface area contributed by atoms with E-state index in [1.165, 1.54) is 12.8 Å². The van der Waals surface area contributed by atoms with Gasteiger partial charge in [0.1, 0.15) is 8.80 Å². The van der Waals surface area contributed by atoms with Crippen molar-refractivity contribution >= 4 is 8.80 Å². The smallest absolute Gasteiger partial charge is 0.134 e. The molecule has 0 aromatic heterocycles. The van der Waals surface area contributed by atoms with Gasteiger partial charge in [0.05, 0.1) is 0 Å². The van der Waals surface area contributed by atoms with E-state index < -0.39 is 0 Å². The SMILES string of the molecule is CCCCC#C[Si](C)C. The lowest BCUT2D eigenvalue weighted by Gasteiger charge is -1.85. The van der Waals surface area contributed by atoms with Gasteiger partial charge in [-0.2, -0.15) is 0 Å². The molecule has 0 fully saturated rings. The summed E-state index contributed by atoms with van der Waals surface area (Å²) in [5.74, 6) is 3.18. The van der Waals surface area contributed by atoms with Crippen molar-refractivity contribution < 1.29 is 0 Å². The summed E-state index contributed by atoms with van der Waals surface area (Å²) < 4.78 is 0. The van der Waals surface area contributed by atoms with Gasteiger partial charge in [-0.05, 0) is 6.42 Å². The van der Waals surface area contributed by atoms with Crippen molar-refractivity contribution in [1.82, 2.24) is 0 Å². The van der Waals surface area contributed by atoms with Crippen LogP contribution in [0.2, 0.25) is 13.1 Å². The summed E-state index contributed by atoms with van der Waals surface area (Å²) in [7, 11) is -0.276. The van der Waals surface area contributed by atoms with Crippen LogP contribution >= 0.6 is 0 Å². The van der Waals surface area contributed by atoms with E-state index >= 15 is 0 Å². The Morgan fingerprint density at radius 1 is 1.33 bits per heavy atom. The standard InChI is InChI=1S/C8H15Si/c1-4-5-6-7-8-9(2)3/h4-6H2,1-3H3. The highest BCUT2D eigenvalue weighted by molar-refractivity contribution is 6.64. The molecule has 0 saturated carbocycles. The van der Waals surface area contributed by atoms with Crippen LogP contribution in [0, 0.1) is 11.5 Å². The predicted molar refractivity (Wildman–Crippen MR) is 44.8 cm³/mol. The zero-order valence-electron chi connectivity index (χ0n) is 6.62. The second-order valence-corrected chi connectivity index (χ2v) is 4.66. The molecular weight excluding hydrogens is 124 g/mol. The van der Waals surface area contributed by atoms with Crippen LogP contribution in [0.15, 0.2) is 0 Å². The van der Waals surface area contributed by atoms with Gasteiger partial charge >= 0.3 is 0 Å². The van der Waals surface area contributed by atoms with Crippen LogP contribution in [0.4, 0.5) is 0 Å². The summed E-state index contributed by atoms with van der Waals surface area (Å²) in [5, 5.41) is 0. The van der Waals surface area contributed by atoms with Crippen LogP contribution in [0.5, 0.6) is 0 Å². The Hall–Kier alpha value is -0.223. The molecule has 1 radical (unpaired) electrons.